The summed E-state index contributed by atoms with van der Waals surface area (Å²) >= 11 is 1.79. The third kappa shape index (κ3) is 4.44. The van der Waals surface area contributed by atoms with E-state index in [4.69, 9.17) is 5.14 Å². The zero-order valence-corrected chi connectivity index (χ0v) is 16.8. The molecule has 0 spiro atoms. The molecular weight excluding hydrogens is 394 g/mol. The average molecular weight is 416 g/mol. The van der Waals surface area contributed by atoms with Crippen LogP contribution in [0.2, 0.25) is 0 Å². The molecule has 0 bridgehead atoms. The van der Waals surface area contributed by atoms with Crippen molar-refractivity contribution in [3.05, 3.63) is 40.1 Å². The SMILES string of the molecule is CS(=O)(=O)c1cc(S(N)(=O)=O)ccc1NCCN1CCc2sccc2C1. The lowest BCUT2D eigenvalue weighted by molar-refractivity contribution is 0.266. The van der Waals surface area contributed by atoms with E-state index < -0.39 is 19.9 Å². The van der Waals surface area contributed by atoms with Gasteiger partial charge in [0.15, 0.2) is 9.84 Å². The largest absolute Gasteiger partial charge is 0.383 e. The van der Waals surface area contributed by atoms with E-state index in [1.807, 2.05) is 0 Å². The van der Waals surface area contributed by atoms with Gasteiger partial charge >= 0.3 is 0 Å². The van der Waals surface area contributed by atoms with Crippen molar-refractivity contribution in [1.82, 2.24) is 4.90 Å². The molecule has 10 heteroatoms. The number of sulfonamides is 1. The maximum atomic E-state index is 12.0. The summed E-state index contributed by atoms with van der Waals surface area (Å²) in [6, 6.07) is 6.01. The van der Waals surface area contributed by atoms with Crippen LogP contribution in [0.1, 0.15) is 10.4 Å². The van der Waals surface area contributed by atoms with E-state index in [0.717, 1.165) is 38.4 Å². The Balaban J connectivity index is 1.70. The summed E-state index contributed by atoms with van der Waals surface area (Å²) in [5, 5.41) is 10.3. The third-order valence-corrected chi connectivity index (χ3v) is 7.38. The molecular formula is C16H21N3O4S3. The van der Waals surface area contributed by atoms with Gasteiger partial charge in [0, 0.05) is 37.3 Å². The van der Waals surface area contributed by atoms with Crippen molar-refractivity contribution in [3.8, 4) is 0 Å². The molecule has 26 heavy (non-hydrogen) atoms. The van der Waals surface area contributed by atoms with Gasteiger partial charge in [-0.15, -0.1) is 11.3 Å². The van der Waals surface area contributed by atoms with E-state index >= 15 is 0 Å². The van der Waals surface area contributed by atoms with Crippen LogP contribution in [-0.4, -0.2) is 47.6 Å². The van der Waals surface area contributed by atoms with Gasteiger partial charge in [-0.3, -0.25) is 4.90 Å². The number of nitrogens with one attached hydrogen (secondary N) is 1. The molecule has 1 aromatic carbocycles. The number of primary sulfonamides is 1. The first-order chi connectivity index (χ1) is 12.1. The van der Waals surface area contributed by atoms with Gasteiger partial charge in [0.05, 0.1) is 15.5 Å². The molecule has 0 atom stereocenters. The highest BCUT2D eigenvalue weighted by molar-refractivity contribution is 7.91. The Kier molecular flexibility index (Phi) is 5.40. The van der Waals surface area contributed by atoms with Crippen molar-refractivity contribution in [2.24, 2.45) is 5.14 Å². The maximum Gasteiger partial charge on any atom is 0.238 e. The van der Waals surface area contributed by atoms with Gasteiger partial charge < -0.3 is 5.32 Å². The number of nitrogens with zero attached hydrogens (tertiary/aromatic N) is 1. The van der Waals surface area contributed by atoms with Crippen molar-refractivity contribution >= 4 is 36.9 Å². The fraction of sp³-hybridized carbons (Fsp3) is 0.375. The van der Waals surface area contributed by atoms with Gasteiger partial charge in [0.25, 0.3) is 0 Å². The molecule has 0 aliphatic carbocycles. The fourth-order valence-electron chi connectivity index (χ4n) is 2.98. The first-order valence-corrected chi connectivity index (χ1v) is 12.3. The van der Waals surface area contributed by atoms with E-state index in [1.54, 1.807) is 11.3 Å². The molecule has 142 valence electrons. The number of fused-ring (bicyclic) bond motifs is 1. The minimum absolute atomic E-state index is 0.0669. The Hall–Kier alpha value is -1.46. The number of hydrogen-bond donors (Lipinski definition) is 2. The molecule has 2 aromatic rings. The van der Waals surface area contributed by atoms with Crippen LogP contribution in [0.25, 0.3) is 0 Å². The Labute approximate surface area is 157 Å². The van der Waals surface area contributed by atoms with Gasteiger partial charge in [0.1, 0.15) is 0 Å². The van der Waals surface area contributed by atoms with Crippen LogP contribution >= 0.6 is 11.3 Å². The average Bonchev–Trinajstić information content (AvgIpc) is 3.01. The lowest BCUT2D eigenvalue weighted by Gasteiger charge is -2.27. The van der Waals surface area contributed by atoms with Gasteiger partial charge in [-0.05, 0) is 41.6 Å². The zero-order valence-electron chi connectivity index (χ0n) is 14.3. The highest BCUT2D eigenvalue weighted by Gasteiger charge is 2.19. The second-order valence-electron chi connectivity index (χ2n) is 6.30. The molecule has 1 aliphatic rings. The van der Waals surface area contributed by atoms with E-state index in [-0.39, 0.29) is 9.79 Å². The number of benzene rings is 1. The van der Waals surface area contributed by atoms with Crippen molar-refractivity contribution in [2.45, 2.75) is 22.8 Å². The molecule has 1 aromatic heterocycles. The van der Waals surface area contributed by atoms with Crippen LogP contribution in [0, 0.1) is 0 Å². The molecule has 0 radical (unpaired) electrons. The van der Waals surface area contributed by atoms with Gasteiger partial charge in [-0.25, -0.2) is 22.0 Å². The third-order valence-electron chi connectivity index (χ3n) is 4.31. The van der Waals surface area contributed by atoms with Crippen molar-refractivity contribution < 1.29 is 16.8 Å². The number of thiophene rings is 1. The minimum atomic E-state index is -3.96. The predicted molar refractivity (Wildman–Crippen MR) is 103 cm³/mol. The van der Waals surface area contributed by atoms with Gasteiger partial charge in [-0.1, -0.05) is 0 Å². The lowest BCUT2D eigenvalue weighted by Crippen LogP contribution is -2.33. The first kappa shape index (κ1) is 19.3. The number of hydrogen-bond acceptors (Lipinski definition) is 7. The van der Waals surface area contributed by atoms with Crippen molar-refractivity contribution in [2.75, 3.05) is 31.2 Å². The maximum absolute atomic E-state index is 12.0. The van der Waals surface area contributed by atoms with Crippen LogP contribution in [0.15, 0.2) is 39.4 Å². The van der Waals surface area contributed by atoms with E-state index in [2.05, 4.69) is 21.7 Å². The van der Waals surface area contributed by atoms with E-state index in [1.165, 1.54) is 22.6 Å². The van der Waals surface area contributed by atoms with E-state index in [0.29, 0.717) is 12.2 Å². The predicted octanol–water partition coefficient (Wildman–Crippen LogP) is 1.27. The minimum Gasteiger partial charge on any atom is -0.383 e. The van der Waals surface area contributed by atoms with Crippen LogP contribution in [0.5, 0.6) is 0 Å². The molecule has 7 nitrogen and oxygen atoms in total. The Morgan fingerprint density at radius 1 is 1.23 bits per heavy atom. The Morgan fingerprint density at radius 2 is 2.00 bits per heavy atom. The van der Waals surface area contributed by atoms with Crippen LogP contribution in [-0.2, 0) is 32.8 Å². The van der Waals surface area contributed by atoms with Crippen molar-refractivity contribution in [1.29, 1.82) is 0 Å². The highest BCUT2D eigenvalue weighted by Crippen LogP contribution is 2.26. The molecule has 0 amide bonds. The summed E-state index contributed by atoms with van der Waals surface area (Å²) in [6.45, 7) is 3.18. The summed E-state index contributed by atoms with van der Waals surface area (Å²) in [4.78, 5) is 3.46. The fourth-order valence-corrected chi connectivity index (χ4v) is 5.36. The summed E-state index contributed by atoms with van der Waals surface area (Å²) in [6.07, 6.45) is 2.08. The number of nitrogens with two attached hydrogens (primary N) is 1. The summed E-state index contributed by atoms with van der Waals surface area (Å²) in [5.74, 6) is 0. The number of rotatable bonds is 6. The normalized spacial score (nSPS) is 15.6. The molecule has 0 unspecified atom stereocenters. The highest BCUT2D eigenvalue weighted by atomic mass is 32.2. The molecule has 3 N–H and O–H groups in total. The second kappa shape index (κ2) is 7.28. The topological polar surface area (TPSA) is 110 Å². The Bertz CT molecular complexity index is 1010. The molecule has 1 aliphatic heterocycles. The van der Waals surface area contributed by atoms with Gasteiger partial charge in [0.2, 0.25) is 10.0 Å². The van der Waals surface area contributed by atoms with E-state index in [9.17, 15) is 16.8 Å². The molecule has 2 heterocycles. The molecule has 0 saturated carbocycles. The first-order valence-electron chi connectivity index (χ1n) is 8.03. The summed E-state index contributed by atoms with van der Waals surface area (Å²) < 4.78 is 47.0. The monoisotopic (exact) mass is 415 g/mol. The smallest absolute Gasteiger partial charge is 0.238 e. The number of sulfone groups is 1. The number of anilines is 1. The van der Waals surface area contributed by atoms with Crippen LogP contribution < -0.4 is 10.5 Å². The Morgan fingerprint density at radius 3 is 2.69 bits per heavy atom. The summed E-state index contributed by atoms with van der Waals surface area (Å²) in [5.41, 5.74) is 1.74. The summed E-state index contributed by atoms with van der Waals surface area (Å²) in [7, 11) is -7.56. The molecule has 0 fully saturated rings. The zero-order chi connectivity index (χ0) is 18.9. The lowest BCUT2D eigenvalue weighted by atomic mass is 10.1. The standard InChI is InChI=1S/C16H21N3O4S3/c1-25(20,21)16-10-13(26(17,22)23)2-3-14(16)18-6-8-19-7-4-15-12(11-19)5-9-24-15/h2-3,5,9-10,18H,4,6-8,11H2,1H3,(H2,17,22,23). The van der Waals surface area contributed by atoms with Gasteiger partial charge in [-0.2, -0.15) is 0 Å². The molecule has 0 saturated heterocycles. The molecule has 3 rings (SSSR count). The second-order valence-corrected chi connectivity index (χ2v) is 10.8. The van der Waals surface area contributed by atoms with Crippen LogP contribution in [0.3, 0.4) is 0 Å². The van der Waals surface area contributed by atoms with Crippen LogP contribution in [0.4, 0.5) is 5.69 Å². The quantitative estimate of drug-likeness (QED) is 0.735. The van der Waals surface area contributed by atoms with Crippen molar-refractivity contribution in [3.63, 3.8) is 0 Å².